The standard InChI is InChI=1S/C19H18N2O3/c1-12(17-7-4-10-24-17)21(14-8-9-14)19(23)15-11-13-5-2-3-6-16(13)20-18(15)22/h2-7,10-12,14H,8-9H2,1H3,(H,20,22). The lowest BCUT2D eigenvalue weighted by Gasteiger charge is -2.28. The maximum Gasteiger partial charge on any atom is 0.261 e. The minimum atomic E-state index is -0.351. The summed E-state index contributed by atoms with van der Waals surface area (Å²) in [6.07, 6.45) is 3.52. The Labute approximate surface area is 138 Å². The highest BCUT2D eigenvalue weighted by molar-refractivity contribution is 5.97. The molecule has 1 atom stereocenters. The van der Waals surface area contributed by atoms with Crippen LogP contribution in [-0.4, -0.2) is 21.8 Å². The number of rotatable bonds is 4. The van der Waals surface area contributed by atoms with Crippen LogP contribution in [0.2, 0.25) is 0 Å². The number of pyridine rings is 1. The molecule has 2 heterocycles. The number of hydrogen-bond donors (Lipinski definition) is 1. The largest absolute Gasteiger partial charge is 0.467 e. The molecule has 1 fully saturated rings. The third-order valence-electron chi connectivity index (χ3n) is 4.53. The van der Waals surface area contributed by atoms with E-state index in [4.69, 9.17) is 4.42 Å². The van der Waals surface area contributed by atoms with Gasteiger partial charge in [-0.05, 0) is 49.4 Å². The Morgan fingerprint density at radius 1 is 1.25 bits per heavy atom. The van der Waals surface area contributed by atoms with Crippen molar-refractivity contribution in [2.75, 3.05) is 0 Å². The molecule has 2 aromatic heterocycles. The van der Waals surface area contributed by atoms with E-state index >= 15 is 0 Å². The van der Waals surface area contributed by atoms with Crippen LogP contribution in [0.25, 0.3) is 10.9 Å². The zero-order valence-corrected chi connectivity index (χ0v) is 13.4. The van der Waals surface area contributed by atoms with E-state index in [1.807, 2.05) is 43.3 Å². The number of benzene rings is 1. The van der Waals surface area contributed by atoms with Crippen molar-refractivity contribution < 1.29 is 9.21 Å². The zero-order chi connectivity index (χ0) is 16.7. The molecule has 5 nitrogen and oxygen atoms in total. The maximum absolute atomic E-state index is 13.1. The van der Waals surface area contributed by atoms with Crippen molar-refractivity contribution in [1.29, 1.82) is 0 Å². The molecule has 0 spiro atoms. The van der Waals surface area contributed by atoms with Gasteiger partial charge in [0.2, 0.25) is 0 Å². The first kappa shape index (κ1) is 14.8. The van der Waals surface area contributed by atoms with Crippen LogP contribution in [0.1, 0.15) is 41.9 Å². The van der Waals surface area contributed by atoms with E-state index in [2.05, 4.69) is 4.98 Å². The second-order valence-electron chi connectivity index (χ2n) is 6.23. The molecule has 24 heavy (non-hydrogen) atoms. The Kier molecular flexibility index (Phi) is 3.49. The molecule has 1 N–H and O–H groups in total. The van der Waals surface area contributed by atoms with Crippen molar-refractivity contribution in [1.82, 2.24) is 9.88 Å². The van der Waals surface area contributed by atoms with E-state index in [1.54, 1.807) is 17.2 Å². The summed E-state index contributed by atoms with van der Waals surface area (Å²) < 4.78 is 5.46. The van der Waals surface area contributed by atoms with E-state index in [1.165, 1.54) is 0 Å². The summed E-state index contributed by atoms with van der Waals surface area (Å²) >= 11 is 0. The van der Waals surface area contributed by atoms with Gasteiger partial charge in [-0.3, -0.25) is 9.59 Å². The third kappa shape index (κ3) is 2.52. The fourth-order valence-corrected chi connectivity index (χ4v) is 3.12. The normalized spacial score (nSPS) is 15.4. The number of nitrogens with one attached hydrogen (secondary N) is 1. The quantitative estimate of drug-likeness (QED) is 0.799. The van der Waals surface area contributed by atoms with E-state index in [-0.39, 0.29) is 29.1 Å². The van der Waals surface area contributed by atoms with E-state index in [9.17, 15) is 9.59 Å². The average molecular weight is 322 g/mol. The SMILES string of the molecule is CC(c1ccco1)N(C(=O)c1cc2ccccc2[nH]c1=O)C1CC1. The number of fused-ring (bicyclic) bond motifs is 1. The van der Waals surface area contributed by atoms with Crippen molar-refractivity contribution in [3.8, 4) is 0 Å². The molecule has 0 saturated heterocycles. The highest BCUT2D eigenvalue weighted by Gasteiger charge is 2.38. The Hall–Kier alpha value is -2.82. The number of para-hydroxylation sites is 1. The third-order valence-corrected chi connectivity index (χ3v) is 4.53. The van der Waals surface area contributed by atoms with Crippen LogP contribution in [-0.2, 0) is 0 Å². The molecule has 0 radical (unpaired) electrons. The molecular formula is C19H18N2O3. The van der Waals surface area contributed by atoms with Crippen molar-refractivity contribution in [3.05, 3.63) is 70.4 Å². The summed E-state index contributed by atoms with van der Waals surface area (Å²) in [5.74, 6) is 0.487. The van der Waals surface area contributed by atoms with Gasteiger partial charge in [-0.15, -0.1) is 0 Å². The Morgan fingerprint density at radius 3 is 2.75 bits per heavy atom. The van der Waals surface area contributed by atoms with Gasteiger partial charge in [0.25, 0.3) is 11.5 Å². The summed E-state index contributed by atoms with van der Waals surface area (Å²) in [6, 6.07) is 12.8. The molecule has 1 aromatic carbocycles. The van der Waals surface area contributed by atoms with Crippen molar-refractivity contribution >= 4 is 16.8 Å². The van der Waals surface area contributed by atoms with Crippen LogP contribution >= 0.6 is 0 Å². The highest BCUT2D eigenvalue weighted by Crippen LogP contribution is 2.35. The molecule has 4 rings (SSSR count). The minimum Gasteiger partial charge on any atom is -0.467 e. The predicted molar refractivity (Wildman–Crippen MR) is 90.9 cm³/mol. The molecule has 122 valence electrons. The Morgan fingerprint density at radius 2 is 2.04 bits per heavy atom. The Bertz CT molecular complexity index is 939. The van der Waals surface area contributed by atoms with Gasteiger partial charge in [0, 0.05) is 11.6 Å². The fourth-order valence-electron chi connectivity index (χ4n) is 3.12. The number of H-pyrrole nitrogens is 1. The lowest BCUT2D eigenvalue weighted by molar-refractivity contribution is 0.0651. The summed E-state index contributed by atoms with van der Waals surface area (Å²) in [5, 5.41) is 0.849. The molecule has 0 bridgehead atoms. The first-order valence-electron chi connectivity index (χ1n) is 8.13. The minimum absolute atomic E-state index is 0.170. The second kappa shape index (κ2) is 5.67. The number of carbonyl (C=O) groups excluding carboxylic acids is 1. The van der Waals surface area contributed by atoms with Gasteiger partial charge in [-0.2, -0.15) is 0 Å². The number of furan rings is 1. The molecule has 1 aliphatic carbocycles. The number of aromatic nitrogens is 1. The van der Waals surface area contributed by atoms with Crippen molar-refractivity contribution in [2.24, 2.45) is 0 Å². The summed E-state index contributed by atoms with van der Waals surface area (Å²) in [7, 11) is 0. The summed E-state index contributed by atoms with van der Waals surface area (Å²) in [6.45, 7) is 1.93. The predicted octanol–water partition coefficient (Wildman–Crippen LogP) is 3.49. The van der Waals surface area contributed by atoms with Gasteiger partial charge in [0.1, 0.15) is 11.3 Å². The molecule has 1 amide bonds. The zero-order valence-electron chi connectivity index (χ0n) is 13.4. The number of carbonyl (C=O) groups is 1. The monoisotopic (exact) mass is 322 g/mol. The van der Waals surface area contributed by atoms with Gasteiger partial charge in [-0.25, -0.2) is 0 Å². The average Bonchev–Trinajstić information content (AvgIpc) is 3.25. The molecule has 5 heteroatoms. The van der Waals surface area contributed by atoms with Crippen LogP contribution in [0, 0.1) is 0 Å². The number of amides is 1. The molecule has 1 saturated carbocycles. The second-order valence-corrected chi connectivity index (χ2v) is 6.23. The van der Waals surface area contributed by atoms with Crippen molar-refractivity contribution in [2.45, 2.75) is 31.8 Å². The fraction of sp³-hybridized carbons (Fsp3) is 0.263. The molecule has 3 aromatic rings. The number of nitrogens with zero attached hydrogens (tertiary/aromatic N) is 1. The summed E-state index contributed by atoms with van der Waals surface area (Å²) in [5.41, 5.74) is 0.561. The Balaban J connectivity index is 1.75. The molecule has 1 aliphatic rings. The van der Waals surface area contributed by atoms with Gasteiger partial charge in [0.05, 0.1) is 12.3 Å². The van der Waals surface area contributed by atoms with Gasteiger partial charge >= 0.3 is 0 Å². The van der Waals surface area contributed by atoms with Crippen LogP contribution in [0.4, 0.5) is 0 Å². The molecule has 0 aliphatic heterocycles. The number of hydrogen-bond acceptors (Lipinski definition) is 3. The smallest absolute Gasteiger partial charge is 0.261 e. The first-order chi connectivity index (χ1) is 11.6. The van der Waals surface area contributed by atoms with E-state index in [0.717, 1.165) is 29.5 Å². The van der Waals surface area contributed by atoms with Crippen LogP contribution in [0.3, 0.4) is 0 Å². The van der Waals surface area contributed by atoms with E-state index in [0.29, 0.717) is 0 Å². The first-order valence-corrected chi connectivity index (χ1v) is 8.13. The van der Waals surface area contributed by atoms with Gasteiger partial charge in [0.15, 0.2) is 0 Å². The van der Waals surface area contributed by atoms with E-state index < -0.39 is 0 Å². The highest BCUT2D eigenvalue weighted by atomic mass is 16.3. The molecule has 1 unspecified atom stereocenters. The number of aromatic amines is 1. The van der Waals surface area contributed by atoms with Gasteiger partial charge in [-0.1, -0.05) is 18.2 Å². The lowest BCUT2D eigenvalue weighted by atomic mass is 10.1. The maximum atomic E-state index is 13.1. The van der Waals surface area contributed by atoms with Crippen LogP contribution in [0.15, 0.2) is 57.9 Å². The lowest BCUT2D eigenvalue weighted by Crippen LogP contribution is -2.38. The molecular weight excluding hydrogens is 304 g/mol. The van der Waals surface area contributed by atoms with Gasteiger partial charge < -0.3 is 14.3 Å². The topological polar surface area (TPSA) is 66.3 Å². The van der Waals surface area contributed by atoms with Crippen LogP contribution in [0.5, 0.6) is 0 Å². The summed E-state index contributed by atoms with van der Waals surface area (Å²) in [4.78, 5) is 30.1. The van der Waals surface area contributed by atoms with Crippen LogP contribution < -0.4 is 5.56 Å². The van der Waals surface area contributed by atoms with Crippen molar-refractivity contribution in [3.63, 3.8) is 0 Å².